The third kappa shape index (κ3) is 4.29. The van der Waals surface area contributed by atoms with E-state index < -0.39 is 21.1 Å². The van der Waals surface area contributed by atoms with E-state index in [0.717, 1.165) is 10.1 Å². The van der Waals surface area contributed by atoms with E-state index in [4.69, 9.17) is 0 Å². The molecule has 23 heavy (non-hydrogen) atoms. The van der Waals surface area contributed by atoms with Gasteiger partial charge in [0.2, 0.25) is 0 Å². The molecule has 2 rings (SSSR count). The van der Waals surface area contributed by atoms with Crippen LogP contribution in [0, 0.1) is 0 Å². The molecule has 0 spiro atoms. The van der Waals surface area contributed by atoms with Crippen molar-refractivity contribution in [3.8, 4) is 0 Å². The van der Waals surface area contributed by atoms with Gasteiger partial charge in [-0.05, 0) is 5.56 Å². The molecule has 7 heteroatoms. The minimum atomic E-state index is -3.47. The van der Waals surface area contributed by atoms with Gasteiger partial charge < -0.3 is 0 Å². The fourth-order valence-corrected chi connectivity index (χ4v) is 3.33. The van der Waals surface area contributed by atoms with Crippen LogP contribution >= 0.6 is 0 Å². The van der Waals surface area contributed by atoms with Gasteiger partial charge in [-0.25, -0.2) is 13.2 Å². The number of benzene rings is 1. The molecule has 1 aromatic carbocycles. The van der Waals surface area contributed by atoms with Crippen LogP contribution in [0.2, 0.25) is 0 Å². The summed E-state index contributed by atoms with van der Waals surface area (Å²) in [5.41, 5.74) is 0.0375. The minimum absolute atomic E-state index is 0.161. The van der Waals surface area contributed by atoms with Gasteiger partial charge in [0.25, 0.3) is 5.56 Å². The lowest BCUT2D eigenvalue weighted by molar-refractivity contribution is 0.592. The van der Waals surface area contributed by atoms with Gasteiger partial charge in [-0.3, -0.25) is 13.9 Å². The van der Waals surface area contributed by atoms with Crippen LogP contribution in [0.25, 0.3) is 6.08 Å². The highest BCUT2D eigenvalue weighted by Crippen LogP contribution is 2.05. The van der Waals surface area contributed by atoms with Crippen molar-refractivity contribution >= 4 is 15.9 Å². The molecule has 122 valence electrons. The van der Waals surface area contributed by atoms with Crippen LogP contribution in [-0.4, -0.2) is 23.3 Å². The lowest BCUT2D eigenvalue weighted by Gasteiger charge is -2.09. The number of hydrogen-bond acceptors (Lipinski definition) is 4. The first-order chi connectivity index (χ1) is 10.8. The maximum absolute atomic E-state index is 12.2. The summed E-state index contributed by atoms with van der Waals surface area (Å²) in [6.07, 6.45) is 3.28. The SMILES string of the molecule is Cn1c(CS(=O)(=O)C/C=C/c2ccccc2)cc(=O)n(C)c1=O. The Morgan fingerprint density at radius 2 is 1.70 bits per heavy atom. The van der Waals surface area contributed by atoms with Crippen LogP contribution in [0.1, 0.15) is 11.3 Å². The fourth-order valence-electron chi connectivity index (χ4n) is 2.10. The molecular weight excluding hydrogens is 316 g/mol. The lowest BCUT2D eigenvalue weighted by atomic mass is 10.2. The Morgan fingerprint density at radius 3 is 2.35 bits per heavy atom. The first-order valence-electron chi connectivity index (χ1n) is 6.98. The summed E-state index contributed by atoms with van der Waals surface area (Å²) in [5.74, 6) is -0.515. The van der Waals surface area contributed by atoms with E-state index in [0.29, 0.717) is 0 Å². The Hall–Kier alpha value is -2.41. The average molecular weight is 334 g/mol. The molecule has 0 N–H and O–H groups in total. The Bertz CT molecular complexity index is 938. The predicted octanol–water partition coefficient (Wildman–Crippen LogP) is 0.712. The van der Waals surface area contributed by atoms with Crippen LogP contribution in [0.3, 0.4) is 0 Å². The van der Waals surface area contributed by atoms with Gasteiger partial charge in [-0.1, -0.05) is 42.5 Å². The largest absolute Gasteiger partial charge is 0.330 e. The van der Waals surface area contributed by atoms with Gasteiger partial charge in [0, 0.05) is 25.9 Å². The van der Waals surface area contributed by atoms with Gasteiger partial charge in [-0.2, -0.15) is 0 Å². The summed E-state index contributed by atoms with van der Waals surface area (Å²) in [6.45, 7) is 0. The molecular formula is C16H18N2O4S. The number of nitrogens with zero attached hydrogens (tertiary/aromatic N) is 2. The predicted molar refractivity (Wildman–Crippen MR) is 89.9 cm³/mol. The van der Waals surface area contributed by atoms with Crippen molar-refractivity contribution in [3.63, 3.8) is 0 Å². The van der Waals surface area contributed by atoms with Crippen LogP contribution < -0.4 is 11.2 Å². The van der Waals surface area contributed by atoms with Crippen molar-refractivity contribution in [2.24, 2.45) is 14.1 Å². The fraction of sp³-hybridized carbons (Fsp3) is 0.250. The zero-order chi connectivity index (χ0) is 17.0. The highest BCUT2D eigenvalue weighted by molar-refractivity contribution is 7.90. The quantitative estimate of drug-likeness (QED) is 0.807. The maximum Gasteiger partial charge on any atom is 0.330 e. The Morgan fingerprint density at radius 1 is 1.04 bits per heavy atom. The average Bonchev–Trinajstić information content (AvgIpc) is 2.51. The summed E-state index contributed by atoms with van der Waals surface area (Å²) in [4.78, 5) is 23.5. The van der Waals surface area contributed by atoms with Crippen molar-refractivity contribution < 1.29 is 8.42 Å². The monoisotopic (exact) mass is 334 g/mol. The summed E-state index contributed by atoms with van der Waals surface area (Å²) in [5, 5.41) is 0. The van der Waals surface area contributed by atoms with E-state index in [-0.39, 0.29) is 17.2 Å². The molecule has 0 amide bonds. The summed E-state index contributed by atoms with van der Waals surface area (Å²) in [6, 6.07) is 10.5. The van der Waals surface area contributed by atoms with Crippen molar-refractivity contribution in [2.75, 3.05) is 5.75 Å². The molecule has 0 saturated heterocycles. The first kappa shape index (κ1) is 17.0. The molecule has 0 saturated carbocycles. The van der Waals surface area contributed by atoms with Crippen molar-refractivity contribution in [1.82, 2.24) is 9.13 Å². The molecule has 0 aliphatic heterocycles. The Labute approximate surface area is 134 Å². The second kappa shape index (κ2) is 6.78. The van der Waals surface area contributed by atoms with E-state index in [2.05, 4.69) is 0 Å². The molecule has 0 radical (unpaired) electrons. The van der Waals surface area contributed by atoms with E-state index in [9.17, 15) is 18.0 Å². The van der Waals surface area contributed by atoms with E-state index >= 15 is 0 Å². The molecule has 0 aliphatic carbocycles. The van der Waals surface area contributed by atoms with Gasteiger partial charge in [0.1, 0.15) is 0 Å². The van der Waals surface area contributed by atoms with E-state index in [1.807, 2.05) is 30.3 Å². The standard InChI is InChI=1S/C16H18N2O4S/c1-17-14(11-15(19)18(2)16(17)20)12-23(21,22)10-6-9-13-7-4-3-5-8-13/h3-9,11H,10,12H2,1-2H3/b9-6+. The number of sulfone groups is 1. The number of rotatable bonds is 5. The third-order valence-corrected chi connectivity index (χ3v) is 4.89. The summed E-state index contributed by atoms with van der Waals surface area (Å²) >= 11 is 0. The zero-order valence-electron chi connectivity index (χ0n) is 13.0. The molecule has 2 aromatic rings. The summed E-state index contributed by atoms with van der Waals surface area (Å²) in [7, 11) is -0.665. The number of aromatic nitrogens is 2. The van der Waals surface area contributed by atoms with E-state index in [1.54, 1.807) is 12.2 Å². The molecule has 1 heterocycles. The highest BCUT2D eigenvalue weighted by atomic mass is 32.2. The topological polar surface area (TPSA) is 78.1 Å². The molecule has 0 atom stereocenters. The summed E-state index contributed by atoms with van der Waals surface area (Å²) < 4.78 is 26.5. The molecule has 0 aliphatic rings. The van der Waals surface area contributed by atoms with Crippen molar-refractivity contribution in [3.05, 3.63) is 74.6 Å². The minimum Gasteiger partial charge on any atom is -0.300 e. The van der Waals surface area contributed by atoms with Crippen molar-refractivity contribution in [2.45, 2.75) is 5.75 Å². The van der Waals surface area contributed by atoms with Crippen LogP contribution in [0.5, 0.6) is 0 Å². The van der Waals surface area contributed by atoms with E-state index in [1.165, 1.54) is 24.7 Å². The molecule has 0 bridgehead atoms. The Kier molecular flexibility index (Phi) is 5.00. The van der Waals surface area contributed by atoms with Gasteiger partial charge in [0.15, 0.2) is 9.84 Å². The molecule has 1 aromatic heterocycles. The van der Waals surface area contributed by atoms with Crippen molar-refractivity contribution in [1.29, 1.82) is 0 Å². The van der Waals surface area contributed by atoms with Gasteiger partial charge >= 0.3 is 5.69 Å². The smallest absolute Gasteiger partial charge is 0.300 e. The normalized spacial score (nSPS) is 11.9. The van der Waals surface area contributed by atoms with Gasteiger partial charge in [-0.15, -0.1) is 0 Å². The highest BCUT2D eigenvalue weighted by Gasteiger charge is 2.14. The molecule has 0 fully saturated rings. The van der Waals surface area contributed by atoms with Crippen LogP contribution in [-0.2, 0) is 29.7 Å². The zero-order valence-corrected chi connectivity index (χ0v) is 13.8. The third-order valence-electron chi connectivity index (χ3n) is 3.45. The Balaban J connectivity index is 2.18. The lowest BCUT2D eigenvalue weighted by Crippen LogP contribution is -2.38. The molecule has 0 unspecified atom stereocenters. The maximum atomic E-state index is 12.2. The second-order valence-electron chi connectivity index (χ2n) is 5.24. The number of hydrogen-bond donors (Lipinski definition) is 0. The molecule has 6 nitrogen and oxygen atoms in total. The van der Waals surface area contributed by atoms with Gasteiger partial charge in [0.05, 0.1) is 11.5 Å². The van der Waals surface area contributed by atoms with Crippen LogP contribution in [0.15, 0.2) is 52.1 Å². The first-order valence-corrected chi connectivity index (χ1v) is 8.80. The van der Waals surface area contributed by atoms with Crippen LogP contribution in [0.4, 0.5) is 0 Å². The second-order valence-corrected chi connectivity index (χ2v) is 7.35.